The lowest BCUT2D eigenvalue weighted by molar-refractivity contribution is 0.987. The molecule has 1 heterocycles. The van der Waals surface area contributed by atoms with Crippen LogP contribution in [0.4, 0.5) is 5.82 Å². The molecule has 11 heavy (non-hydrogen) atoms. The van der Waals surface area contributed by atoms with Crippen LogP contribution >= 0.6 is 0 Å². The second-order valence-electron chi connectivity index (χ2n) is 1.92. The van der Waals surface area contributed by atoms with Gasteiger partial charge in [-0.2, -0.15) is 0 Å². The molecule has 0 fully saturated rings. The van der Waals surface area contributed by atoms with Crippen molar-refractivity contribution in [2.24, 2.45) is 0 Å². The second-order valence-corrected chi connectivity index (χ2v) is 1.92. The number of imidazole rings is 1. The molecule has 0 spiro atoms. The van der Waals surface area contributed by atoms with Crippen molar-refractivity contribution in [2.45, 2.75) is 0 Å². The number of nitrogens with two attached hydrogens (primary N) is 2. The number of nitrogens with zero attached hydrogens (tertiary/aromatic N) is 2. The molecule has 0 aliphatic heterocycles. The zero-order chi connectivity index (χ0) is 8.27. The maximum atomic E-state index is 5.45. The number of terminal acetylenes is 1. The second kappa shape index (κ2) is 2.80. The third-order valence-corrected chi connectivity index (χ3v) is 1.20. The minimum atomic E-state index is 0.374. The van der Waals surface area contributed by atoms with Gasteiger partial charge in [0.1, 0.15) is 12.0 Å². The van der Waals surface area contributed by atoms with Crippen molar-refractivity contribution >= 4 is 11.9 Å². The van der Waals surface area contributed by atoms with E-state index >= 15 is 0 Å². The molecule has 4 nitrogen and oxygen atoms in total. The van der Waals surface area contributed by atoms with Crippen LogP contribution in [-0.2, 0) is 0 Å². The third-order valence-electron chi connectivity index (χ3n) is 1.20. The first kappa shape index (κ1) is 7.22. The summed E-state index contributed by atoms with van der Waals surface area (Å²) in [6, 6.07) is 0. The summed E-state index contributed by atoms with van der Waals surface area (Å²) in [5.74, 6) is 8.14. The molecule has 1 aromatic rings. The van der Waals surface area contributed by atoms with Crippen molar-refractivity contribution < 1.29 is 0 Å². The van der Waals surface area contributed by atoms with E-state index in [-0.39, 0.29) is 0 Å². The van der Waals surface area contributed by atoms with Gasteiger partial charge in [0.25, 0.3) is 0 Å². The average molecular weight is 148 g/mol. The van der Waals surface area contributed by atoms with Crippen LogP contribution in [0.25, 0.3) is 6.08 Å². The molecule has 0 amide bonds. The van der Waals surface area contributed by atoms with Gasteiger partial charge in [-0.1, -0.05) is 5.92 Å². The predicted octanol–water partition coefficient (Wildman–Crippen LogP) is -0.174. The highest BCUT2D eigenvalue weighted by atomic mass is 15.3. The molecule has 1 rings (SSSR count). The highest BCUT2D eigenvalue weighted by molar-refractivity contribution is 5.59. The van der Waals surface area contributed by atoms with E-state index in [9.17, 15) is 0 Å². The van der Waals surface area contributed by atoms with Gasteiger partial charge >= 0.3 is 0 Å². The van der Waals surface area contributed by atoms with E-state index in [1.165, 1.54) is 17.1 Å². The van der Waals surface area contributed by atoms with E-state index in [0.717, 1.165) is 0 Å². The largest absolute Gasteiger partial charge is 0.382 e. The maximum absolute atomic E-state index is 5.45. The summed E-state index contributed by atoms with van der Waals surface area (Å²) in [5.41, 5.74) is 6.06. The summed E-state index contributed by atoms with van der Waals surface area (Å²) in [6.45, 7) is 0. The lowest BCUT2D eigenvalue weighted by Crippen LogP contribution is -2.08. The number of rotatable bonds is 1. The first-order valence-electron chi connectivity index (χ1n) is 2.96. The van der Waals surface area contributed by atoms with Crippen LogP contribution in [0.5, 0.6) is 0 Å². The van der Waals surface area contributed by atoms with Crippen LogP contribution in [0.2, 0.25) is 0 Å². The van der Waals surface area contributed by atoms with Crippen LogP contribution < -0.4 is 11.6 Å². The first-order valence-corrected chi connectivity index (χ1v) is 2.96. The lowest BCUT2D eigenvalue weighted by Gasteiger charge is -1.93. The summed E-state index contributed by atoms with van der Waals surface area (Å²) in [7, 11) is 0. The number of anilines is 1. The molecule has 1 aromatic heterocycles. The molecule has 0 bridgehead atoms. The predicted molar refractivity (Wildman–Crippen MR) is 44.7 cm³/mol. The van der Waals surface area contributed by atoms with Crippen molar-refractivity contribution in [1.29, 1.82) is 0 Å². The average Bonchev–Trinajstić information content (AvgIpc) is 2.29. The monoisotopic (exact) mass is 148 g/mol. The Labute approximate surface area is 64.5 Å². The third kappa shape index (κ3) is 1.33. The van der Waals surface area contributed by atoms with Crippen LogP contribution in [0.1, 0.15) is 5.69 Å². The minimum Gasteiger partial charge on any atom is -0.382 e. The van der Waals surface area contributed by atoms with Gasteiger partial charge in [0.15, 0.2) is 5.82 Å². The number of hydrogen-bond acceptors (Lipinski definition) is 3. The van der Waals surface area contributed by atoms with Crippen molar-refractivity contribution in [3.05, 3.63) is 18.1 Å². The summed E-state index contributed by atoms with van der Waals surface area (Å²) in [6.07, 6.45) is 9.56. The molecule has 0 saturated heterocycles. The summed E-state index contributed by atoms with van der Waals surface area (Å²) in [5, 5.41) is 0. The summed E-state index contributed by atoms with van der Waals surface area (Å²) in [4.78, 5) is 3.76. The van der Waals surface area contributed by atoms with Crippen LogP contribution in [-0.4, -0.2) is 9.66 Å². The van der Waals surface area contributed by atoms with Gasteiger partial charge in [-0.25, -0.2) is 9.66 Å². The van der Waals surface area contributed by atoms with Gasteiger partial charge in [0.05, 0.1) is 0 Å². The Bertz CT molecular complexity index is 296. The zero-order valence-corrected chi connectivity index (χ0v) is 5.86. The quantitative estimate of drug-likeness (QED) is 0.429. The normalized spacial score (nSPS) is 10.1. The Hall–Kier alpha value is -1.89. The van der Waals surface area contributed by atoms with Gasteiger partial charge in [0, 0.05) is 0 Å². The highest BCUT2D eigenvalue weighted by Crippen LogP contribution is 2.07. The molecular weight excluding hydrogens is 140 g/mol. The van der Waals surface area contributed by atoms with Crippen molar-refractivity contribution in [2.75, 3.05) is 11.6 Å². The van der Waals surface area contributed by atoms with Gasteiger partial charge in [-0.05, 0) is 12.2 Å². The Morgan fingerprint density at radius 1 is 1.73 bits per heavy atom. The smallest absolute Gasteiger partial charge is 0.151 e. The maximum Gasteiger partial charge on any atom is 0.151 e. The van der Waals surface area contributed by atoms with Crippen LogP contribution in [0, 0.1) is 12.3 Å². The van der Waals surface area contributed by atoms with Gasteiger partial charge in [0.2, 0.25) is 0 Å². The van der Waals surface area contributed by atoms with E-state index in [2.05, 4.69) is 10.9 Å². The Balaban J connectivity index is 3.03. The molecule has 0 saturated carbocycles. The van der Waals surface area contributed by atoms with E-state index in [0.29, 0.717) is 11.5 Å². The molecule has 0 atom stereocenters. The van der Waals surface area contributed by atoms with Crippen molar-refractivity contribution in [3.63, 3.8) is 0 Å². The van der Waals surface area contributed by atoms with Gasteiger partial charge in [-0.3, -0.25) is 0 Å². The fraction of sp³-hybridized carbons (Fsp3) is 0. The molecular formula is C7H8N4. The Morgan fingerprint density at radius 2 is 2.45 bits per heavy atom. The van der Waals surface area contributed by atoms with E-state index in [1.807, 2.05) is 0 Å². The minimum absolute atomic E-state index is 0.374. The Morgan fingerprint density at radius 3 is 2.91 bits per heavy atom. The number of allylic oxidation sites excluding steroid dienone is 1. The molecule has 0 aliphatic carbocycles. The molecule has 0 aliphatic rings. The highest BCUT2D eigenvalue weighted by Gasteiger charge is 1.99. The first-order chi connectivity index (χ1) is 5.25. The zero-order valence-electron chi connectivity index (χ0n) is 5.86. The van der Waals surface area contributed by atoms with Gasteiger partial charge < -0.3 is 11.6 Å². The Kier molecular flexibility index (Phi) is 1.83. The van der Waals surface area contributed by atoms with Crippen LogP contribution in [0.15, 0.2) is 12.4 Å². The lowest BCUT2D eigenvalue weighted by atomic mass is 10.4. The number of nitrogen functional groups attached to an aromatic ring is 2. The topological polar surface area (TPSA) is 69.9 Å². The van der Waals surface area contributed by atoms with E-state index in [1.54, 1.807) is 6.08 Å². The molecule has 56 valence electrons. The van der Waals surface area contributed by atoms with Crippen molar-refractivity contribution in [3.8, 4) is 12.3 Å². The van der Waals surface area contributed by atoms with E-state index < -0.39 is 0 Å². The number of hydrogen-bond donors (Lipinski definition) is 2. The fourth-order valence-electron chi connectivity index (χ4n) is 0.684. The summed E-state index contributed by atoms with van der Waals surface area (Å²) < 4.78 is 1.31. The molecule has 0 radical (unpaired) electrons. The molecule has 4 N–H and O–H groups in total. The summed E-state index contributed by atoms with van der Waals surface area (Å²) >= 11 is 0. The van der Waals surface area contributed by atoms with Crippen molar-refractivity contribution in [1.82, 2.24) is 9.66 Å². The van der Waals surface area contributed by atoms with Crippen LogP contribution in [0.3, 0.4) is 0 Å². The van der Waals surface area contributed by atoms with Gasteiger partial charge in [-0.15, -0.1) is 6.42 Å². The SMILES string of the molecule is C#C/C=C\c1c(N)ncn1N. The molecule has 0 aromatic carbocycles. The van der Waals surface area contributed by atoms with E-state index in [4.69, 9.17) is 18.0 Å². The number of aromatic nitrogens is 2. The molecule has 4 heteroatoms. The fourth-order valence-corrected chi connectivity index (χ4v) is 0.684. The molecule has 0 unspecified atom stereocenters. The standard InChI is InChI=1S/C7H8N4/c1-2-3-4-6-7(8)10-5-11(6)9/h1,3-5H,8-9H2/b4-3-.